The average Bonchev–Trinajstić information content (AvgIpc) is 3.03. The number of nitrogens with two attached hydrogens (primary N) is 1. The predicted octanol–water partition coefficient (Wildman–Crippen LogP) is 1.19. The Morgan fingerprint density at radius 2 is 2.04 bits per heavy atom. The molecule has 1 saturated heterocycles. The highest BCUT2D eigenvalue weighted by atomic mass is 16.5. The summed E-state index contributed by atoms with van der Waals surface area (Å²) in [5.74, 6) is -1.53. The lowest BCUT2D eigenvalue weighted by Crippen LogP contribution is -2.51. The third-order valence-corrected chi connectivity index (χ3v) is 4.23. The SMILES string of the molecule is NC(=O)[C@@H]1CCCCN1C(=O)COC(=O)c1cc2ccccc2[nH]1. The summed E-state index contributed by atoms with van der Waals surface area (Å²) in [5.41, 5.74) is 6.45. The maximum atomic E-state index is 12.3. The molecule has 0 spiro atoms. The van der Waals surface area contributed by atoms with Crippen LogP contribution in [0.3, 0.4) is 0 Å². The van der Waals surface area contributed by atoms with Crippen molar-refractivity contribution >= 4 is 28.7 Å². The van der Waals surface area contributed by atoms with E-state index in [2.05, 4.69) is 4.98 Å². The first-order chi connectivity index (χ1) is 11.6. The molecule has 0 unspecified atom stereocenters. The first-order valence-electron chi connectivity index (χ1n) is 7.90. The van der Waals surface area contributed by atoms with Gasteiger partial charge in [0.15, 0.2) is 6.61 Å². The summed E-state index contributed by atoms with van der Waals surface area (Å²) in [6.45, 7) is 0.0500. The van der Waals surface area contributed by atoms with Crippen molar-refractivity contribution in [1.82, 2.24) is 9.88 Å². The molecule has 3 rings (SSSR count). The molecular weight excluding hydrogens is 310 g/mol. The van der Waals surface area contributed by atoms with Gasteiger partial charge < -0.3 is 20.4 Å². The lowest BCUT2D eigenvalue weighted by molar-refractivity contribution is -0.143. The number of nitrogens with zero attached hydrogens (tertiary/aromatic N) is 1. The highest BCUT2D eigenvalue weighted by Crippen LogP contribution is 2.18. The number of nitrogens with one attached hydrogen (secondary N) is 1. The Kier molecular flexibility index (Phi) is 4.50. The number of esters is 1. The maximum absolute atomic E-state index is 12.3. The molecule has 3 N–H and O–H groups in total. The molecule has 1 aromatic heterocycles. The number of H-pyrrole nitrogens is 1. The van der Waals surface area contributed by atoms with E-state index in [0.717, 1.165) is 23.7 Å². The van der Waals surface area contributed by atoms with Crippen LogP contribution in [0.2, 0.25) is 0 Å². The van der Waals surface area contributed by atoms with E-state index in [4.69, 9.17) is 10.5 Å². The largest absolute Gasteiger partial charge is 0.451 e. The summed E-state index contributed by atoms with van der Waals surface area (Å²) in [5, 5.41) is 0.889. The second kappa shape index (κ2) is 6.74. The number of aromatic amines is 1. The van der Waals surface area contributed by atoms with Crippen LogP contribution in [-0.4, -0.2) is 46.9 Å². The number of ether oxygens (including phenoxy) is 1. The van der Waals surface area contributed by atoms with Crippen molar-refractivity contribution in [1.29, 1.82) is 0 Å². The van der Waals surface area contributed by atoms with Crippen molar-refractivity contribution in [3.05, 3.63) is 36.0 Å². The normalized spacial score (nSPS) is 17.7. The van der Waals surface area contributed by atoms with Gasteiger partial charge in [-0.3, -0.25) is 9.59 Å². The zero-order valence-electron chi connectivity index (χ0n) is 13.2. The zero-order chi connectivity index (χ0) is 17.1. The molecule has 7 heteroatoms. The van der Waals surface area contributed by atoms with Gasteiger partial charge in [-0.1, -0.05) is 18.2 Å². The van der Waals surface area contributed by atoms with Crippen molar-refractivity contribution < 1.29 is 19.1 Å². The average molecular weight is 329 g/mol. The molecule has 2 aromatic rings. The van der Waals surface area contributed by atoms with Crippen molar-refractivity contribution in [2.75, 3.05) is 13.2 Å². The minimum atomic E-state index is -0.613. The Labute approximate surface area is 138 Å². The molecule has 126 valence electrons. The number of piperidine rings is 1. The molecule has 0 aliphatic carbocycles. The number of hydrogen-bond donors (Lipinski definition) is 2. The van der Waals surface area contributed by atoms with Crippen LogP contribution in [0.15, 0.2) is 30.3 Å². The van der Waals surface area contributed by atoms with E-state index in [-0.39, 0.29) is 5.69 Å². The quantitative estimate of drug-likeness (QED) is 0.822. The smallest absolute Gasteiger partial charge is 0.355 e. The molecule has 1 aliphatic heterocycles. The highest BCUT2D eigenvalue weighted by molar-refractivity contribution is 5.96. The number of carbonyl (C=O) groups is 3. The first-order valence-corrected chi connectivity index (χ1v) is 7.90. The number of para-hydroxylation sites is 1. The molecule has 7 nitrogen and oxygen atoms in total. The van der Waals surface area contributed by atoms with E-state index < -0.39 is 30.4 Å². The Morgan fingerprint density at radius 3 is 2.79 bits per heavy atom. The standard InChI is InChI=1S/C17H19N3O4/c18-16(22)14-7-3-4-8-20(14)15(21)10-24-17(23)13-9-11-5-1-2-6-12(11)19-13/h1-2,5-6,9,14,19H,3-4,7-8,10H2,(H2,18,22)/t14-/m0/s1. The van der Waals surface area contributed by atoms with Crippen LogP contribution < -0.4 is 5.73 Å². The fourth-order valence-corrected chi connectivity index (χ4v) is 3.00. The van der Waals surface area contributed by atoms with Crippen LogP contribution in [0.1, 0.15) is 29.8 Å². The molecule has 0 saturated carbocycles. The Balaban J connectivity index is 1.62. The number of amides is 2. The summed E-state index contributed by atoms with van der Waals surface area (Å²) >= 11 is 0. The number of rotatable bonds is 4. The number of primary amides is 1. The fourth-order valence-electron chi connectivity index (χ4n) is 3.00. The number of carbonyl (C=O) groups excluding carboxylic acids is 3. The summed E-state index contributed by atoms with van der Waals surface area (Å²) in [6.07, 6.45) is 2.22. The van der Waals surface area contributed by atoms with E-state index in [1.165, 1.54) is 4.90 Å². The molecule has 1 atom stereocenters. The second-order valence-corrected chi connectivity index (χ2v) is 5.85. The number of likely N-dealkylation sites (tertiary alicyclic amines) is 1. The molecule has 2 amide bonds. The van der Waals surface area contributed by atoms with E-state index in [9.17, 15) is 14.4 Å². The number of aromatic nitrogens is 1. The Morgan fingerprint density at radius 1 is 1.25 bits per heavy atom. The number of hydrogen-bond acceptors (Lipinski definition) is 4. The van der Waals surface area contributed by atoms with Crippen molar-refractivity contribution in [3.63, 3.8) is 0 Å². The van der Waals surface area contributed by atoms with Gasteiger partial charge in [-0.05, 0) is 31.4 Å². The lowest BCUT2D eigenvalue weighted by atomic mass is 10.0. The van der Waals surface area contributed by atoms with Gasteiger partial charge in [0.1, 0.15) is 11.7 Å². The van der Waals surface area contributed by atoms with Gasteiger partial charge in [-0.2, -0.15) is 0 Å². The van der Waals surface area contributed by atoms with Crippen molar-refractivity contribution in [2.24, 2.45) is 5.73 Å². The van der Waals surface area contributed by atoms with Crippen LogP contribution in [0, 0.1) is 0 Å². The third kappa shape index (κ3) is 3.24. The van der Waals surface area contributed by atoms with E-state index >= 15 is 0 Å². The molecule has 0 bridgehead atoms. The number of benzene rings is 1. The predicted molar refractivity (Wildman–Crippen MR) is 87.1 cm³/mol. The zero-order valence-corrected chi connectivity index (χ0v) is 13.2. The maximum Gasteiger partial charge on any atom is 0.355 e. The van der Waals surface area contributed by atoms with Crippen molar-refractivity contribution in [2.45, 2.75) is 25.3 Å². The minimum absolute atomic E-state index is 0.286. The molecular formula is C17H19N3O4. The Hall–Kier alpha value is -2.83. The van der Waals surface area contributed by atoms with E-state index in [0.29, 0.717) is 13.0 Å². The molecule has 1 fully saturated rings. The third-order valence-electron chi connectivity index (χ3n) is 4.23. The molecule has 2 heterocycles. The molecule has 24 heavy (non-hydrogen) atoms. The second-order valence-electron chi connectivity index (χ2n) is 5.85. The van der Waals surface area contributed by atoms with Gasteiger partial charge in [-0.25, -0.2) is 4.79 Å². The van der Waals surface area contributed by atoms with Gasteiger partial charge in [0, 0.05) is 17.4 Å². The minimum Gasteiger partial charge on any atom is -0.451 e. The summed E-state index contributed by atoms with van der Waals surface area (Å²) in [4.78, 5) is 40.2. The highest BCUT2D eigenvalue weighted by Gasteiger charge is 2.31. The molecule has 1 aliphatic rings. The van der Waals surface area contributed by atoms with Gasteiger partial charge in [0.05, 0.1) is 0 Å². The summed E-state index contributed by atoms with van der Waals surface area (Å²) in [6, 6.07) is 8.52. The van der Waals surface area contributed by atoms with Crippen molar-refractivity contribution in [3.8, 4) is 0 Å². The molecule has 1 aromatic carbocycles. The number of fused-ring (bicyclic) bond motifs is 1. The van der Waals surface area contributed by atoms with Gasteiger partial charge >= 0.3 is 5.97 Å². The topological polar surface area (TPSA) is 105 Å². The van der Waals surface area contributed by atoms with Crippen LogP contribution in [-0.2, 0) is 14.3 Å². The van der Waals surface area contributed by atoms with Crippen LogP contribution in [0.5, 0.6) is 0 Å². The molecule has 0 radical (unpaired) electrons. The first kappa shape index (κ1) is 16.0. The van der Waals surface area contributed by atoms with Crippen LogP contribution >= 0.6 is 0 Å². The van der Waals surface area contributed by atoms with E-state index in [1.54, 1.807) is 6.07 Å². The van der Waals surface area contributed by atoms with Gasteiger partial charge in [0.25, 0.3) is 5.91 Å². The Bertz CT molecular complexity index is 750. The lowest BCUT2D eigenvalue weighted by Gasteiger charge is -2.33. The fraction of sp³-hybridized carbons (Fsp3) is 0.353. The van der Waals surface area contributed by atoms with E-state index in [1.807, 2.05) is 24.3 Å². The summed E-state index contributed by atoms with van der Waals surface area (Å²) in [7, 11) is 0. The van der Waals surface area contributed by atoms with Gasteiger partial charge in [-0.15, -0.1) is 0 Å². The summed E-state index contributed by atoms with van der Waals surface area (Å²) < 4.78 is 5.09. The van der Waals surface area contributed by atoms with Crippen LogP contribution in [0.4, 0.5) is 0 Å². The van der Waals surface area contributed by atoms with Gasteiger partial charge in [0.2, 0.25) is 5.91 Å². The monoisotopic (exact) mass is 329 g/mol. The van der Waals surface area contributed by atoms with Crippen LogP contribution in [0.25, 0.3) is 10.9 Å².